The second kappa shape index (κ2) is 5.87. The molecule has 1 heterocycles. The minimum absolute atomic E-state index is 0.249. The summed E-state index contributed by atoms with van der Waals surface area (Å²) in [5.41, 5.74) is -1.41. The smallest absolute Gasteiger partial charge is 0.267 e. The molecular weight excluding hydrogens is 289 g/mol. The molecule has 0 bridgehead atoms. The number of rotatable bonds is 2. The number of carbonyl (C=O) groups is 1. The lowest BCUT2D eigenvalue weighted by atomic mass is 10.1. The number of thioether (sulfide) groups is 1. The molecule has 1 amide bonds. The molecule has 1 atom stereocenters. The fraction of sp³-hybridized carbons (Fsp3) is 0.385. The zero-order valence-electron chi connectivity index (χ0n) is 10.6. The van der Waals surface area contributed by atoms with Crippen molar-refractivity contribution in [2.75, 3.05) is 6.54 Å². The monoisotopic (exact) mass is 301 g/mol. The average molecular weight is 301 g/mol. The van der Waals surface area contributed by atoms with Gasteiger partial charge >= 0.3 is 6.18 Å². The molecule has 1 aliphatic rings. The highest BCUT2D eigenvalue weighted by atomic mass is 32.2. The second-order valence-electron chi connectivity index (χ2n) is 4.23. The molecule has 1 radical (unpaired) electrons. The molecule has 7 heteroatoms. The topological polar surface area (TPSA) is 43.5 Å². The highest BCUT2D eigenvalue weighted by Gasteiger charge is 2.35. The van der Waals surface area contributed by atoms with Gasteiger partial charge in [0.05, 0.1) is 17.7 Å². The van der Waals surface area contributed by atoms with Gasteiger partial charge in [0.1, 0.15) is 0 Å². The lowest BCUT2D eigenvalue weighted by molar-refractivity contribution is -0.137. The van der Waals surface area contributed by atoms with Gasteiger partial charge < -0.3 is 0 Å². The predicted octanol–water partition coefficient (Wildman–Crippen LogP) is 3.33. The fourth-order valence-corrected chi connectivity index (χ4v) is 2.64. The molecule has 1 aliphatic heterocycles. The van der Waals surface area contributed by atoms with Crippen molar-refractivity contribution in [3.05, 3.63) is 35.4 Å². The summed E-state index contributed by atoms with van der Waals surface area (Å²) in [7, 11) is 0. The summed E-state index contributed by atoms with van der Waals surface area (Å²) in [6.45, 7) is 2.53. The Labute approximate surface area is 118 Å². The summed E-state index contributed by atoms with van der Waals surface area (Å²) in [6, 6.07) is 4.64. The molecule has 2 rings (SSSR count). The van der Waals surface area contributed by atoms with Crippen LogP contribution in [0.2, 0.25) is 0 Å². The summed E-state index contributed by atoms with van der Waals surface area (Å²) < 4.78 is 38.4. The first-order chi connectivity index (χ1) is 9.41. The summed E-state index contributed by atoms with van der Waals surface area (Å²) in [6.07, 6.45) is -3.70. The van der Waals surface area contributed by atoms with E-state index in [1.54, 1.807) is 0 Å². The Morgan fingerprint density at radius 3 is 2.75 bits per heavy atom. The third-order valence-electron chi connectivity index (χ3n) is 2.82. The van der Waals surface area contributed by atoms with Gasteiger partial charge in [-0.25, -0.2) is 0 Å². The van der Waals surface area contributed by atoms with Crippen LogP contribution in [0.1, 0.15) is 29.3 Å². The minimum Gasteiger partial charge on any atom is -0.267 e. The second-order valence-corrected chi connectivity index (χ2v) is 5.50. The first kappa shape index (κ1) is 14.9. The van der Waals surface area contributed by atoms with Gasteiger partial charge in [-0.15, -0.1) is 0 Å². The van der Waals surface area contributed by atoms with Crippen LogP contribution in [0.4, 0.5) is 13.2 Å². The summed E-state index contributed by atoms with van der Waals surface area (Å²) in [5, 5.41) is 4.57. The molecule has 107 valence electrons. The maximum Gasteiger partial charge on any atom is 0.417 e. The van der Waals surface area contributed by atoms with E-state index in [0.717, 1.165) is 18.6 Å². The number of benzene rings is 1. The van der Waals surface area contributed by atoms with Crippen LogP contribution in [0.3, 0.4) is 0 Å². The number of nitrogens with zero attached hydrogens (tertiary/aromatic N) is 2. The van der Waals surface area contributed by atoms with Gasteiger partial charge in [0, 0.05) is 5.25 Å². The van der Waals surface area contributed by atoms with Crippen LogP contribution >= 0.6 is 11.8 Å². The zero-order valence-corrected chi connectivity index (χ0v) is 11.5. The molecule has 0 saturated carbocycles. The van der Waals surface area contributed by atoms with Crippen LogP contribution in [0.5, 0.6) is 0 Å². The highest BCUT2D eigenvalue weighted by Crippen LogP contribution is 2.32. The fourth-order valence-electron chi connectivity index (χ4n) is 1.74. The molecule has 1 aromatic rings. The van der Waals surface area contributed by atoms with Gasteiger partial charge in [0.2, 0.25) is 0 Å². The van der Waals surface area contributed by atoms with Gasteiger partial charge in [-0.2, -0.15) is 18.2 Å². The van der Waals surface area contributed by atoms with Gasteiger partial charge in [-0.1, -0.05) is 30.8 Å². The number of hydrogen-bond donors (Lipinski definition) is 0. The van der Waals surface area contributed by atoms with Gasteiger partial charge in [-0.3, -0.25) is 10.1 Å². The maximum atomic E-state index is 12.8. The Kier molecular flexibility index (Phi) is 4.37. The quantitative estimate of drug-likeness (QED) is 0.841. The van der Waals surface area contributed by atoms with Crippen LogP contribution in [0.25, 0.3) is 0 Å². The number of amidine groups is 1. The molecule has 1 saturated heterocycles. The minimum atomic E-state index is -4.57. The molecule has 1 fully saturated rings. The summed E-state index contributed by atoms with van der Waals surface area (Å²) >= 11 is 1.33. The zero-order chi connectivity index (χ0) is 14.8. The van der Waals surface area contributed by atoms with E-state index in [2.05, 4.69) is 10.3 Å². The van der Waals surface area contributed by atoms with Crippen LogP contribution in [0.15, 0.2) is 29.3 Å². The highest BCUT2D eigenvalue weighted by molar-refractivity contribution is 8.14. The van der Waals surface area contributed by atoms with Crippen LogP contribution in [0, 0.1) is 0 Å². The Balaban J connectivity index is 2.25. The van der Waals surface area contributed by atoms with E-state index in [4.69, 9.17) is 0 Å². The van der Waals surface area contributed by atoms with Crippen molar-refractivity contribution in [2.24, 2.45) is 4.99 Å². The average Bonchev–Trinajstić information content (AvgIpc) is 2.85. The van der Waals surface area contributed by atoms with Crippen LogP contribution < -0.4 is 5.32 Å². The van der Waals surface area contributed by atoms with E-state index >= 15 is 0 Å². The number of alkyl halides is 3. The number of hydrogen-bond acceptors (Lipinski definition) is 2. The lowest BCUT2D eigenvalue weighted by Crippen LogP contribution is -2.14. The first-order valence-electron chi connectivity index (χ1n) is 6.05. The standard InChI is InChI=1S/C13H12F3N2OS/c1-2-8-7-17-12(20-8)18-11(19)9-5-3-4-6-10(9)13(14,15)16/h3-6,8H,2,7H2,1H3. The first-order valence-corrected chi connectivity index (χ1v) is 6.93. The molecule has 3 nitrogen and oxygen atoms in total. The summed E-state index contributed by atoms with van der Waals surface area (Å²) in [4.78, 5) is 15.6. The van der Waals surface area contributed by atoms with E-state index in [1.807, 2.05) is 6.92 Å². The van der Waals surface area contributed by atoms with E-state index < -0.39 is 23.2 Å². The Bertz CT molecular complexity index is 543. The van der Waals surface area contributed by atoms with E-state index in [1.165, 1.54) is 23.9 Å². The third kappa shape index (κ3) is 3.33. The van der Waals surface area contributed by atoms with Gasteiger partial charge in [-0.05, 0) is 18.6 Å². The Morgan fingerprint density at radius 2 is 2.15 bits per heavy atom. The van der Waals surface area contributed by atoms with E-state index in [0.29, 0.717) is 6.54 Å². The molecule has 0 aromatic heterocycles. The molecule has 1 unspecified atom stereocenters. The summed E-state index contributed by atoms with van der Waals surface area (Å²) in [5.74, 6) is -0.902. The van der Waals surface area contributed by atoms with Crippen molar-refractivity contribution in [1.29, 1.82) is 0 Å². The lowest BCUT2D eigenvalue weighted by Gasteiger charge is -2.09. The number of aliphatic imine (C=N–C) groups is 1. The van der Waals surface area contributed by atoms with Gasteiger partial charge in [0.15, 0.2) is 5.17 Å². The Morgan fingerprint density at radius 1 is 1.45 bits per heavy atom. The van der Waals surface area contributed by atoms with Crippen LogP contribution in [-0.2, 0) is 6.18 Å². The predicted molar refractivity (Wildman–Crippen MR) is 71.9 cm³/mol. The van der Waals surface area contributed by atoms with Gasteiger partial charge in [0.25, 0.3) is 5.91 Å². The van der Waals surface area contributed by atoms with E-state index in [9.17, 15) is 18.0 Å². The van der Waals surface area contributed by atoms with Crippen molar-refractivity contribution in [2.45, 2.75) is 24.8 Å². The SMILES string of the molecule is CCC1C[N]C(=NC(=O)c2ccccc2C(F)(F)F)S1. The van der Waals surface area contributed by atoms with Crippen molar-refractivity contribution in [1.82, 2.24) is 5.32 Å². The molecule has 0 spiro atoms. The maximum absolute atomic E-state index is 12.8. The molecule has 1 aromatic carbocycles. The van der Waals surface area contributed by atoms with Crippen LogP contribution in [-0.4, -0.2) is 22.9 Å². The largest absolute Gasteiger partial charge is 0.417 e. The van der Waals surface area contributed by atoms with Crippen molar-refractivity contribution < 1.29 is 18.0 Å². The third-order valence-corrected chi connectivity index (χ3v) is 4.06. The van der Waals surface area contributed by atoms with Crippen molar-refractivity contribution >= 4 is 22.8 Å². The van der Waals surface area contributed by atoms with Crippen molar-refractivity contribution in [3.8, 4) is 0 Å². The molecule has 0 N–H and O–H groups in total. The van der Waals surface area contributed by atoms with Crippen molar-refractivity contribution in [3.63, 3.8) is 0 Å². The molecule has 0 aliphatic carbocycles. The van der Waals surface area contributed by atoms with E-state index in [-0.39, 0.29) is 10.4 Å². The number of amides is 1. The number of halogens is 3. The Hall–Kier alpha value is -1.50. The molecular formula is C13H12F3N2OS. The normalized spacial score (nSPS) is 21.0. The number of carbonyl (C=O) groups excluding carboxylic acids is 1. The molecule has 20 heavy (non-hydrogen) atoms.